The second-order valence-corrected chi connectivity index (χ2v) is 9.48. The van der Waals surface area contributed by atoms with Gasteiger partial charge in [-0.05, 0) is 72.6 Å². The Kier molecular flexibility index (Phi) is 3.29. The molecular weight excluding hydrogens is 354 g/mol. The fourth-order valence-electron chi connectivity index (χ4n) is 6.62. The summed E-state index contributed by atoms with van der Waals surface area (Å²) in [5.41, 5.74) is 7.36. The van der Waals surface area contributed by atoms with Gasteiger partial charge < -0.3 is 4.74 Å². The molecule has 3 aliphatic rings. The average molecular weight is 382 g/mol. The van der Waals surface area contributed by atoms with Gasteiger partial charge in [0.25, 0.3) is 0 Å². The van der Waals surface area contributed by atoms with Crippen molar-refractivity contribution in [2.24, 2.45) is 5.92 Å². The van der Waals surface area contributed by atoms with E-state index in [0.29, 0.717) is 5.92 Å². The van der Waals surface area contributed by atoms with Gasteiger partial charge in [0.1, 0.15) is 5.75 Å². The van der Waals surface area contributed by atoms with Crippen LogP contribution in [-0.2, 0) is 22.9 Å². The Hall–Kier alpha value is -2.58. The first-order valence-corrected chi connectivity index (χ1v) is 10.6. The Morgan fingerprint density at radius 3 is 2.07 bits per heavy atom. The lowest BCUT2D eigenvalue weighted by Gasteiger charge is -2.32. The van der Waals surface area contributed by atoms with Gasteiger partial charge in [-0.2, -0.15) is 0 Å². The summed E-state index contributed by atoms with van der Waals surface area (Å²) < 4.78 is 5.37. The highest BCUT2D eigenvalue weighted by Gasteiger charge is 2.69. The van der Waals surface area contributed by atoms with E-state index in [1.807, 2.05) is 0 Å². The highest BCUT2D eigenvalue weighted by molar-refractivity contribution is 5.60. The average Bonchev–Trinajstić information content (AvgIpc) is 3.44. The summed E-state index contributed by atoms with van der Waals surface area (Å²) in [5, 5.41) is 4.13. The second-order valence-electron chi connectivity index (χ2n) is 9.48. The smallest absolute Gasteiger partial charge is 0.118 e. The zero-order valence-corrected chi connectivity index (χ0v) is 17.3. The van der Waals surface area contributed by atoms with Gasteiger partial charge in [-0.3, -0.25) is 5.32 Å². The lowest BCUT2D eigenvalue weighted by Crippen LogP contribution is -2.45. The molecule has 0 amide bonds. The van der Waals surface area contributed by atoms with Crippen molar-refractivity contribution in [1.82, 2.24) is 5.32 Å². The molecule has 3 aromatic rings. The van der Waals surface area contributed by atoms with Gasteiger partial charge in [-0.1, -0.05) is 60.7 Å². The molecule has 2 heteroatoms. The molecule has 3 aromatic carbocycles. The third-order valence-electron chi connectivity index (χ3n) is 7.99. The minimum atomic E-state index is -0.137. The first kappa shape index (κ1) is 17.3. The van der Waals surface area contributed by atoms with Crippen LogP contribution in [0.25, 0.3) is 0 Å². The van der Waals surface area contributed by atoms with Crippen LogP contribution in [0.3, 0.4) is 0 Å². The maximum Gasteiger partial charge on any atom is 0.118 e. The number of fused-ring (bicyclic) bond motifs is 5. The minimum absolute atomic E-state index is 0.00314. The first-order chi connectivity index (χ1) is 14.0. The van der Waals surface area contributed by atoms with Crippen LogP contribution in [0.2, 0.25) is 0 Å². The van der Waals surface area contributed by atoms with Gasteiger partial charge >= 0.3 is 0 Å². The van der Waals surface area contributed by atoms with Crippen LogP contribution in [0.1, 0.15) is 48.1 Å². The Morgan fingerprint density at radius 1 is 0.828 bits per heavy atom. The molecule has 2 aliphatic carbocycles. The van der Waals surface area contributed by atoms with E-state index in [-0.39, 0.29) is 16.5 Å². The van der Waals surface area contributed by atoms with E-state index in [9.17, 15) is 0 Å². The number of ether oxygens (including phenoxy) is 1. The summed E-state index contributed by atoms with van der Waals surface area (Å²) >= 11 is 0. The second kappa shape index (κ2) is 5.52. The molecule has 1 N–H and O–H groups in total. The highest BCUT2D eigenvalue weighted by Crippen LogP contribution is 2.69. The van der Waals surface area contributed by atoms with Gasteiger partial charge in [0, 0.05) is 11.0 Å². The van der Waals surface area contributed by atoms with Gasteiger partial charge in [0.05, 0.1) is 12.6 Å². The van der Waals surface area contributed by atoms with Gasteiger partial charge in [0.2, 0.25) is 0 Å². The molecule has 1 aliphatic heterocycles. The standard InChI is InChI=1S/C27H27NO/c1-25-20-8-4-5-9-21(20)26(2,28-25)24-17-27(24,23-11-7-6-10-22(23)25)16-18-12-14-19(29-3)15-13-18/h4-15,24,28H,16-17H2,1-3H3/t24?,25?,26-,27+/m0/s1. The zero-order valence-electron chi connectivity index (χ0n) is 17.3. The highest BCUT2D eigenvalue weighted by atomic mass is 16.5. The van der Waals surface area contributed by atoms with Crippen LogP contribution in [-0.4, -0.2) is 7.11 Å². The molecule has 2 bridgehead atoms. The Balaban J connectivity index is 1.54. The van der Waals surface area contributed by atoms with Crippen molar-refractivity contribution in [2.75, 3.05) is 7.11 Å². The maximum atomic E-state index is 5.37. The largest absolute Gasteiger partial charge is 0.497 e. The van der Waals surface area contributed by atoms with Crippen LogP contribution in [0.5, 0.6) is 5.75 Å². The van der Waals surface area contributed by atoms with E-state index in [4.69, 9.17) is 4.74 Å². The summed E-state index contributed by atoms with van der Waals surface area (Å²) in [5.74, 6) is 1.51. The first-order valence-electron chi connectivity index (χ1n) is 10.6. The van der Waals surface area contributed by atoms with E-state index in [1.165, 1.54) is 34.2 Å². The molecule has 2 nitrogen and oxygen atoms in total. The Labute approximate surface area is 172 Å². The fraction of sp³-hybridized carbons (Fsp3) is 0.333. The Bertz CT molecular complexity index is 1120. The van der Waals surface area contributed by atoms with Crippen molar-refractivity contribution in [3.63, 3.8) is 0 Å². The van der Waals surface area contributed by atoms with Crippen molar-refractivity contribution >= 4 is 0 Å². The van der Waals surface area contributed by atoms with Crippen LogP contribution >= 0.6 is 0 Å². The van der Waals surface area contributed by atoms with Crippen LogP contribution < -0.4 is 10.1 Å². The molecule has 1 heterocycles. The van der Waals surface area contributed by atoms with E-state index >= 15 is 0 Å². The van der Waals surface area contributed by atoms with Gasteiger partial charge in [0.15, 0.2) is 0 Å². The summed E-state index contributed by atoms with van der Waals surface area (Å²) in [4.78, 5) is 0. The molecule has 0 saturated heterocycles. The molecule has 0 spiro atoms. The number of benzene rings is 3. The van der Waals surface area contributed by atoms with Crippen molar-refractivity contribution in [3.05, 3.63) is 101 Å². The van der Waals surface area contributed by atoms with Gasteiger partial charge in [-0.15, -0.1) is 0 Å². The molecule has 0 radical (unpaired) electrons. The fourth-order valence-corrected chi connectivity index (χ4v) is 6.62. The van der Waals surface area contributed by atoms with Crippen LogP contribution in [0.15, 0.2) is 72.8 Å². The molecule has 4 atom stereocenters. The topological polar surface area (TPSA) is 21.3 Å². The molecule has 146 valence electrons. The predicted octanol–water partition coefficient (Wildman–Crippen LogP) is 5.29. The number of hydrogen-bond acceptors (Lipinski definition) is 2. The minimum Gasteiger partial charge on any atom is -0.497 e. The normalized spacial score (nSPS) is 33.3. The quantitative estimate of drug-likeness (QED) is 0.665. The monoisotopic (exact) mass is 381 g/mol. The summed E-state index contributed by atoms with van der Waals surface area (Å²) in [6.45, 7) is 4.81. The molecule has 0 aromatic heterocycles. The van der Waals surface area contributed by atoms with Crippen LogP contribution in [0, 0.1) is 5.92 Å². The predicted molar refractivity (Wildman–Crippen MR) is 116 cm³/mol. The van der Waals surface area contributed by atoms with E-state index in [0.717, 1.165) is 12.2 Å². The molecule has 29 heavy (non-hydrogen) atoms. The number of hydrogen-bond donors (Lipinski definition) is 1. The van der Waals surface area contributed by atoms with Crippen molar-refractivity contribution in [3.8, 4) is 5.75 Å². The van der Waals surface area contributed by atoms with Crippen molar-refractivity contribution in [2.45, 2.75) is 43.2 Å². The summed E-state index contributed by atoms with van der Waals surface area (Å²) in [7, 11) is 1.73. The molecular formula is C27H27NO. The summed E-state index contributed by atoms with van der Waals surface area (Å²) in [6.07, 6.45) is 2.30. The molecule has 2 unspecified atom stereocenters. The molecule has 1 fully saturated rings. The lowest BCUT2D eigenvalue weighted by molar-refractivity contribution is 0.274. The van der Waals surface area contributed by atoms with E-state index in [1.54, 1.807) is 7.11 Å². The van der Waals surface area contributed by atoms with E-state index < -0.39 is 0 Å². The lowest BCUT2D eigenvalue weighted by atomic mass is 9.72. The molecule has 6 rings (SSSR count). The summed E-state index contributed by atoms with van der Waals surface area (Å²) in [6, 6.07) is 26.9. The van der Waals surface area contributed by atoms with Gasteiger partial charge in [-0.25, -0.2) is 0 Å². The molecule has 1 saturated carbocycles. The third-order valence-corrected chi connectivity index (χ3v) is 7.99. The number of nitrogens with one attached hydrogen (secondary N) is 1. The Morgan fingerprint density at radius 2 is 1.41 bits per heavy atom. The third kappa shape index (κ3) is 2.10. The van der Waals surface area contributed by atoms with E-state index in [2.05, 4.69) is 92.0 Å². The number of methoxy groups -OCH3 is 1. The van der Waals surface area contributed by atoms with Crippen molar-refractivity contribution in [1.29, 1.82) is 0 Å². The SMILES string of the molecule is COc1ccc(C[C@]23CC2[C@@]2(C)NC(C)(c4ccccc43)c3ccccc32)cc1. The zero-order chi connectivity index (χ0) is 19.9. The maximum absolute atomic E-state index is 5.37. The van der Waals surface area contributed by atoms with Crippen molar-refractivity contribution < 1.29 is 4.74 Å². The van der Waals surface area contributed by atoms with Crippen LogP contribution in [0.4, 0.5) is 0 Å². The number of rotatable bonds is 3.